The van der Waals surface area contributed by atoms with Gasteiger partial charge in [-0.25, -0.2) is 0 Å². The molecule has 0 aliphatic rings. The number of hydrogen-bond donors (Lipinski definition) is 2. The Morgan fingerprint density at radius 2 is 2.11 bits per heavy atom. The third-order valence-corrected chi connectivity index (χ3v) is 2.62. The Hall–Kier alpha value is -1.62. The van der Waals surface area contributed by atoms with Crippen LogP contribution in [-0.4, -0.2) is 22.3 Å². The third-order valence-electron chi connectivity index (χ3n) is 2.30. The van der Waals surface area contributed by atoms with Gasteiger partial charge in [-0.15, -0.1) is 0 Å². The van der Waals surface area contributed by atoms with Crippen molar-refractivity contribution in [3.05, 3.63) is 28.5 Å². The number of nitrogens with two attached hydrogens (primary N) is 1. The Kier molecular flexibility index (Phi) is 4.29. The standard InChI is InChI=1S/C12H16ClN3O2/c1-7-4-9(13)8(6-15-7)11(18)16-12(2,3)5-10(14)17/h4,6H,5H2,1-3H3,(H2,14,17)(H,16,18). The summed E-state index contributed by atoms with van der Waals surface area (Å²) in [5, 5.41) is 3.03. The summed E-state index contributed by atoms with van der Waals surface area (Å²) in [6.07, 6.45) is 1.46. The second kappa shape index (κ2) is 5.35. The van der Waals surface area contributed by atoms with Gasteiger partial charge in [0.1, 0.15) is 0 Å². The van der Waals surface area contributed by atoms with Crippen LogP contribution >= 0.6 is 11.6 Å². The fourth-order valence-corrected chi connectivity index (χ4v) is 1.84. The summed E-state index contributed by atoms with van der Waals surface area (Å²) in [5.74, 6) is -0.854. The zero-order valence-electron chi connectivity index (χ0n) is 10.6. The number of halogens is 1. The van der Waals surface area contributed by atoms with Gasteiger partial charge in [0.05, 0.1) is 10.6 Å². The molecule has 98 valence electrons. The van der Waals surface area contributed by atoms with Crippen LogP contribution in [0.4, 0.5) is 0 Å². The number of nitrogens with one attached hydrogen (secondary N) is 1. The highest BCUT2D eigenvalue weighted by Crippen LogP contribution is 2.17. The Morgan fingerprint density at radius 1 is 1.50 bits per heavy atom. The highest BCUT2D eigenvalue weighted by Gasteiger charge is 2.24. The maximum atomic E-state index is 12.0. The molecule has 1 heterocycles. The smallest absolute Gasteiger partial charge is 0.254 e. The molecule has 1 aromatic heterocycles. The van der Waals surface area contributed by atoms with Gasteiger partial charge < -0.3 is 11.1 Å². The molecular formula is C12H16ClN3O2. The quantitative estimate of drug-likeness (QED) is 0.867. The molecule has 1 rings (SSSR count). The molecule has 0 atom stereocenters. The van der Waals surface area contributed by atoms with E-state index in [0.29, 0.717) is 5.02 Å². The monoisotopic (exact) mass is 269 g/mol. The molecule has 0 fully saturated rings. The van der Waals surface area contributed by atoms with Crippen LogP contribution in [-0.2, 0) is 4.79 Å². The van der Waals surface area contributed by atoms with Gasteiger partial charge in [0.15, 0.2) is 0 Å². The van der Waals surface area contributed by atoms with Crippen LogP contribution < -0.4 is 11.1 Å². The Morgan fingerprint density at radius 3 is 2.61 bits per heavy atom. The topological polar surface area (TPSA) is 85.1 Å². The molecule has 0 aliphatic carbocycles. The van der Waals surface area contributed by atoms with Crippen LogP contribution in [0.3, 0.4) is 0 Å². The molecule has 0 spiro atoms. The van der Waals surface area contributed by atoms with Gasteiger partial charge in [-0.05, 0) is 26.8 Å². The predicted octanol–water partition coefficient (Wildman–Crippen LogP) is 1.43. The van der Waals surface area contributed by atoms with E-state index < -0.39 is 11.4 Å². The van der Waals surface area contributed by atoms with E-state index in [4.69, 9.17) is 17.3 Å². The fourth-order valence-electron chi connectivity index (χ4n) is 1.55. The number of nitrogens with zero attached hydrogens (tertiary/aromatic N) is 1. The van der Waals surface area contributed by atoms with Crippen molar-refractivity contribution in [2.45, 2.75) is 32.7 Å². The Bertz CT molecular complexity index is 486. The van der Waals surface area contributed by atoms with E-state index in [-0.39, 0.29) is 17.9 Å². The molecular weight excluding hydrogens is 254 g/mol. The van der Waals surface area contributed by atoms with E-state index in [2.05, 4.69) is 10.3 Å². The summed E-state index contributed by atoms with van der Waals surface area (Å²) in [7, 11) is 0. The first-order valence-electron chi connectivity index (χ1n) is 5.44. The van der Waals surface area contributed by atoms with Gasteiger partial charge in [-0.2, -0.15) is 0 Å². The minimum absolute atomic E-state index is 0.0512. The second-order valence-corrected chi connectivity index (χ2v) is 5.19. The first-order chi connectivity index (χ1) is 8.21. The zero-order chi connectivity index (χ0) is 13.9. The summed E-state index contributed by atoms with van der Waals surface area (Å²) in [5.41, 5.74) is 5.40. The van der Waals surface area contributed by atoms with Gasteiger partial charge in [-0.1, -0.05) is 11.6 Å². The van der Waals surface area contributed by atoms with Crippen LogP contribution in [0.5, 0.6) is 0 Å². The van der Waals surface area contributed by atoms with E-state index in [1.54, 1.807) is 26.8 Å². The number of carbonyl (C=O) groups is 2. The number of rotatable bonds is 4. The lowest BCUT2D eigenvalue weighted by atomic mass is 10.00. The van der Waals surface area contributed by atoms with Gasteiger partial charge in [-0.3, -0.25) is 14.6 Å². The molecule has 2 amide bonds. The molecule has 5 nitrogen and oxygen atoms in total. The highest BCUT2D eigenvalue weighted by molar-refractivity contribution is 6.33. The van der Waals surface area contributed by atoms with Gasteiger partial charge in [0.2, 0.25) is 5.91 Å². The number of primary amides is 1. The predicted molar refractivity (Wildman–Crippen MR) is 69.3 cm³/mol. The number of aromatic nitrogens is 1. The molecule has 3 N–H and O–H groups in total. The highest BCUT2D eigenvalue weighted by atomic mass is 35.5. The average molecular weight is 270 g/mol. The summed E-state index contributed by atoms with van der Waals surface area (Å²) in [4.78, 5) is 26.9. The van der Waals surface area contributed by atoms with E-state index in [1.807, 2.05) is 0 Å². The third kappa shape index (κ3) is 4.00. The van der Waals surface area contributed by atoms with Crippen LogP contribution in [0.1, 0.15) is 36.3 Å². The van der Waals surface area contributed by atoms with Crippen LogP contribution in [0.15, 0.2) is 12.3 Å². The van der Waals surface area contributed by atoms with E-state index in [9.17, 15) is 9.59 Å². The minimum atomic E-state index is -0.725. The molecule has 0 radical (unpaired) electrons. The maximum Gasteiger partial charge on any atom is 0.254 e. The summed E-state index contributed by atoms with van der Waals surface area (Å²) >= 11 is 5.97. The van der Waals surface area contributed by atoms with Crippen LogP contribution in [0.25, 0.3) is 0 Å². The first kappa shape index (κ1) is 14.4. The molecule has 0 aliphatic heterocycles. The van der Waals surface area contributed by atoms with Crippen molar-refractivity contribution < 1.29 is 9.59 Å². The van der Waals surface area contributed by atoms with Crippen molar-refractivity contribution >= 4 is 23.4 Å². The number of pyridine rings is 1. The van der Waals surface area contributed by atoms with Gasteiger partial charge >= 0.3 is 0 Å². The lowest BCUT2D eigenvalue weighted by molar-refractivity contribution is -0.119. The Labute approximate surface area is 111 Å². The Balaban J connectivity index is 2.85. The van der Waals surface area contributed by atoms with Crippen molar-refractivity contribution in [1.29, 1.82) is 0 Å². The van der Waals surface area contributed by atoms with Gasteiger partial charge in [0, 0.05) is 23.9 Å². The van der Waals surface area contributed by atoms with Crippen LogP contribution in [0, 0.1) is 6.92 Å². The lowest BCUT2D eigenvalue weighted by Gasteiger charge is -2.24. The first-order valence-corrected chi connectivity index (χ1v) is 5.82. The summed E-state index contributed by atoms with van der Waals surface area (Å²) in [6, 6.07) is 1.61. The normalized spacial score (nSPS) is 11.1. The van der Waals surface area contributed by atoms with Gasteiger partial charge in [0.25, 0.3) is 5.91 Å². The molecule has 0 saturated heterocycles. The number of aryl methyl sites for hydroxylation is 1. The number of amides is 2. The largest absolute Gasteiger partial charge is 0.370 e. The molecule has 0 unspecified atom stereocenters. The molecule has 0 aromatic carbocycles. The molecule has 1 aromatic rings. The summed E-state index contributed by atoms with van der Waals surface area (Å²) in [6.45, 7) is 5.21. The SMILES string of the molecule is Cc1cc(Cl)c(C(=O)NC(C)(C)CC(N)=O)cn1. The molecule has 0 saturated carbocycles. The van der Waals surface area contributed by atoms with Crippen LogP contribution in [0.2, 0.25) is 5.02 Å². The maximum absolute atomic E-state index is 12.0. The average Bonchev–Trinajstić information content (AvgIpc) is 2.13. The molecule has 6 heteroatoms. The number of carbonyl (C=O) groups excluding carboxylic acids is 2. The van der Waals surface area contributed by atoms with E-state index in [1.165, 1.54) is 6.20 Å². The zero-order valence-corrected chi connectivity index (χ0v) is 11.3. The van der Waals surface area contributed by atoms with Crippen molar-refractivity contribution in [2.75, 3.05) is 0 Å². The fraction of sp³-hybridized carbons (Fsp3) is 0.417. The van der Waals surface area contributed by atoms with Crippen molar-refractivity contribution in [1.82, 2.24) is 10.3 Å². The van der Waals surface area contributed by atoms with Crippen molar-refractivity contribution in [3.8, 4) is 0 Å². The minimum Gasteiger partial charge on any atom is -0.370 e. The van der Waals surface area contributed by atoms with E-state index >= 15 is 0 Å². The van der Waals surface area contributed by atoms with E-state index in [0.717, 1.165) is 5.69 Å². The second-order valence-electron chi connectivity index (χ2n) is 4.79. The van der Waals surface area contributed by atoms with Crippen molar-refractivity contribution in [3.63, 3.8) is 0 Å². The van der Waals surface area contributed by atoms with Crippen molar-refractivity contribution in [2.24, 2.45) is 5.73 Å². The lowest BCUT2D eigenvalue weighted by Crippen LogP contribution is -2.46. The number of hydrogen-bond acceptors (Lipinski definition) is 3. The summed E-state index contributed by atoms with van der Waals surface area (Å²) < 4.78 is 0. The molecule has 18 heavy (non-hydrogen) atoms. The molecule has 0 bridgehead atoms.